The Morgan fingerprint density at radius 2 is 0.392 bits per heavy atom. The van der Waals surface area contributed by atoms with E-state index in [1.807, 2.05) is 0 Å². The van der Waals surface area contributed by atoms with Gasteiger partial charge >= 0.3 is 0 Å². The van der Waals surface area contributed by atoms with Gasteiger partial charge in [0.15, 0.2) is 0 Å². The van der Waals surface area contributed by atoms with Crippen LogP contribution >= 0.6 is 0 Å². The van der Waals surface area contributed by atoms with Gasteiger partial charge in [0.2, 0.25) is 0 Å². The lowest BCUT2D eigenvalue weighted by Crippen LogP contribution is -1.87. The van der Waals surface area contributed by atoms with E-state index < -0.39 is 0 Å². The van der Waals surface area contributed by atoms with Crippen molar-refractivity contribution in [1.82, 2.24) is 0 Å². The molecule has 0 heteroatoms. The molecule has 0 nitrogen and oxygen atoms in total. The highest BCUT2D eigenvalue weighted by atomic mass is 14.1. The van der Waals surface area contributed by atoms with Crippen LogP contribution in [0.3, 0.4) is 0 Å². The van der Waals surface area contributed by atoms with E-state index in [4.69, 9.17) is 0 Å². The van der Waals surface area contributed by atoms with Crippen molar-refractivity contribution >= 4 is 0 Å². The molecular weight excluding hydrogens is 889 g/mol. The molecule has 0 aromatic heterocycles. The summed E-state index contributed by atoms with van der Waals surface area (Å²) in [4.78, 5) is 0. The molecule has 0 N–H and O–H groups in total. The molecule has 364 valence electrons. The van der Waals surface area contributed by atoms with Gasteiger partial charge < -0.3 is 0 Å². The number of benzene rings is 11. The summed E-state index contributed by atoms with van der Waals surface area (Å²) in [5.74, 6) is 0. The molecule has 0 saturated carbocycles. The summed E-state index contributed by atoms with van der Waals surface area (Å²) in [5.41, 5.74) is 28.3. The van der Waals surface area contributed by atoms with Gasteiger partial charge in [-0.15, -0.1) is 0 Å². The summed E-state index contributed by atoms with van der Waals surface area (Å²) in [5, 5.41) is 0. The van der Waals surface area contributed by atoms with Crippen molar-refractivity contribution in [2.45, 2.75) is 55.4 Å². The van der Waals surface area contributed by atoms with Crippen LogP contribution < -0.4 is 0 Å². The first-order chi connectivity index (χ1) is 35.9. The molecule has 0 radical (unpaired) electrons. The molecule has 11 aromatic rings. The van der Waals surface area contributed by atoms with Gasteiger partial charge in [-0.05, 0) is 169 Å². The summed E-state index contributed by atoms with van der Waals surface area (Å²) in [6, 6.07) is 95.3. The van der Waals surface area contributed by atoms with Crippen LogP contribution in [0.15, 0.2) is 267 Å². The summed E-state index contributed by atoms with van der Waals surface area (Å²) < 4.78 is 0. The number of hydrogen-bond acceptors (Lipinski definition) is 0. The first kappa shape index (κ1) is 51.8. The Bertz CT molecular complexity index is 3340. The van der Waals surface area contributed by atoms with Gasteiger partial charge in [-0.25, -0.2) is 0 Å². The van der Waals surface area contributed by atoms with E-state index in [1.54, 1.807) is 0 Å². The summed E-state index contributed by atoms with van der Waals surface area (Å²) in [7, 11) is 0. The van der Waals surface area contributed by atoms with Crippen LogP contribution in [-0.4, -0.2) is 0 Å². The molecule has 0 atom stereocenters. The van der Waals surface area contributed by atoms with Crippen LogP contribution in [0.4, 0.5) is 0 Å². The second-order valence-corrected chi connectivity index (χ2v) is 19.6. The molecule has 0 aliphatic rings. The molecule has 11 aromatic carbocycles. The fourth-order valence-electron chi connectivity index (χ4n) is 9.18. The Kier molecular flexibility index (Phi) is 17.6. The maximum Gasteiger partial charge on any atom is -0.0152 e. The average molecular weight is 957 g/mol. The third kappa shape index (κ3) is 14.3. The third-order valence-corrected chi connectivity index (χ3v) is 13.3. The zero-order valence-corrected chi connectivity index (χ0v) is 44.4. The van der Waals surface area contributed by atoms with Crippen LogP contribution in [0.5, 0.6) is 0 Å². The zero-order chi connectivity index (χ0) is 51.8. The minimum Gasteiger partial charge on any atom is -0.0622 e. The van der Waals surface area contributed by atoms with Crippen molar-refractivity contribution in [3.63, 3.8) is 0 Å². The molecule has 0 aliphatic carbocycles. The molecule has 0 fully saturated rings. The molecule has 0 aliphatic heterocycles. The molecule has 74 heavy (non-hydrogen) atoms. The molecule has 0 unspecified atom stereocenters. The highest BCUT2D eigenvalue weighted by Crippen LogP contribution is 2.34. The van der Waals surface area contributed by atoms with Gasteiger partial charge in [0.1, 0.15) is 0 Å². The van der Waals surface area contributed by atoms with Crippen LogP contribution in [0.2, 0.25) is 0 Å². The molecule has 0 bridgehead atoms. The predicted molar refractivity (Wildman–Crippen MR) is 322 cm³/mol. The number of rotatable bonds is 7. The van der Waals surface area contributed by atoms with E-state index in [0.29, 0.717) is 0 Å². The molecule has 0 spiro atoms. The molecule has 0 saturated heterocycles. The molecule has 11 rings (SSSR count). The molecular formula is C74H68. The lowest BCUT2D eigenvalue weighted by Gasteiger charge is -2.12. The average Bonchev–Trinajstić information content (AvgIpc) is 3.42. The van der Waals surface area contributed by atoms with Crippen LogP contribution in [0.25, 0.3) is 77.9 Å². The molecule has 0 amide bonds. The van der Waals surface area contributed by atoms with E-state index in [1.165, 1.54) is 122 Å². The first-order valence-corrected chi connectivity index (χ1v) is 25.8. The van der Waals surface area contributed by atoms with Crippen molar-refractivity contribution in [3.8, 4) is 77.9 Å². The standard InChI is InChI=1S/C26H22.C20H18.2C14H14/c1-19-8-6-12-22(14-19)25-16-24(21-10-4-3-5-11-21)17-26(18-25)23-13-7-9-20(2)15-23;1-15-6-10-17(11-7-15)19-4-3-5-20(14-19)18-12-8-16(2)9-13-18;1-11-5-3-7-13(9-11)14-8-4-6-12(2)10-14;1-11-7-3-5-9-13(11)14-10-6-4-8-12(14)2/h3-18H,1-2H3;3-14H,1-2H3;2*3-10H,1-2H3. The smallest absolute Gasteiger partial charge is 0.0152 e. The fourth-order valence-corrected chi connectivity index (χ4v) is 9.18. The normalized spacial score (nSPS) is 10.4. The maximum absolute atomic E-state index is 2.30. The SMILES string of the molecule is Cc1ccc(-c2cccc(-c3ccc(C)cc3)c2)cc1.Cc1cccc(-c2cc(-c3ccccc3)cc(-c3cccc(C)c3)c2)c1.Cc1cccc(-c2cccc(C)c2)c1.Cc1ccccc1-c1ccccc1C. The Balaban J connectivity index is 0.000000136. The van der Waals surface area contributed by atoms with Gasteiger partial charge in [0.25, 0.3) is 0 Å². The first-order valence-electron chi connectivity index (χ1n) is 25.8. The van der Waals surface area contributed by atoms with Crippen LogP contribution in [0, 0.1) is 55.4 Å². The highest BCUT2D eigenvalue weighted by Gasteiger charge is 2.09. The van der Waals surface area contributed by atoms with Crippen molar-refractivity contribution in [2.75, 3.05) is 0 Å². The summed E-state index contributed by atoms with van der Waals surface area (Å²) in [6.07, 6.45) is 0. The van der Waals surface area contributed by atoms with Gasteiger partial charge in [0.05, 0.1) is 0 Å². The van der Waals surface area contributed by atoms with Gasteiger partial charge in [0, 0.05) is 0 Å². The lowest BCUT2D eigenvalue weighted by atomic mass is 9.92. The van der Waals surface area contributed by atoms with Crippen molar-refractivity contribution in [1.29, 1.82) is 0 Å². The minimum atomic E-state index is 1.25. The zero-order valence-electron chi connectivity index (χ0n) is 44.4. The van der Waals surface area contributed by atoms with Gasteiger partial charge in [-0.3, -0.25) is 0 Å². The highest BCUT2D eigenvalue weighted by molar-refractivity contribution is 5.82. The van der Waals surface area contributed by atoms with Gasteiger partial charge in [-0.1, -0.05) is 276 Å². The lowest BCUT2D eigenvalue weighted by molar-refractivity contribution is 1.41. The van der Waals surface area contributed by atoms with E-state index >= 15 is 0 Å². The van der Waals surface area contributed by atoms with Crippen LogP contribution in [-0.2, 0) is 0 Å². The van der Waals surface area contributed by atoms with Crippen LogP contribution in [0.1, 0.15) is 44.5 Å². The summed E-state index contributed by atoms with van der Waals surface area (Å²) in [6.45, 7) is 17.1. The fraction of sp³-hybridized carbons (Fsp3) is 0.108. The predicted octanol–water partition coefficient (Wildman–Crippen LogP) is 20.9. The maximum atomic E-state index is 2.30. The Morgan fingerprint density at radius 3 is 0.730 bits per heavy atom. The van der Waals surface area contributed by atoms with Crippen molar-refractivity contribution in [2.24, 2.45) is 0 Å². The second-order valence-electron chi connectivity index (χ2n) is 19.6. The van der Waals surface area contributed by atoms with Crippen molar-refractivity contribution < 1.29 is 0 Å². The van der Waals surface area contributed by atoms with Gasteiger partial charge in [-0.2, -0.15) is 0 Å². The third-order valence-electron chi connectivity index (χ3n) is 13.3. The second kappa shape index (κ2) is 25.2. The summed E-state index contributed by atoms with van der Waals surface area (Å²) >= 11 is 0. The quantitative estimate of drug-likeness (QED) is 0.149. The Morgan fingerprint density at radius 1 is 0.149 bits per heavy atom. The Labute approximate surface area is 442 Å². The Hall–Kier alpha value is -8.58. The topological polar surface area (TPSA) is 0 Å². The minimum absolute atomic E-state index is 1.25. The number of aryl methyl sites for hydroxylation is 8. The molecule has 0 heterocycles. The monoisotopic (exact) mass is 957 g/mol. The van der Waals surface area contributed by atoms with Crippen molar-refractivity contribution in [3.05, 3.63) is 311 Å². The van der Waals surface area contributed by atoms with E-state index in [2.05, 4.69) is 322 Å². The van der Waals surface area contributed by atoms with E-state index in [0.717, 1.165) is 0 Å². The largest absolute Gasteiger partial charge is 0.0622 e. The van der Waals surface area contributed by atoms with E-state index in [9.17, 15) is 0 Å². The number of hydrogen-bond donors (Lipinski definition) is 0. The van der Waals surface area contributed by atoms with E-state index in [-0.39, 0.29) is 0 Å².